The van der Waals surface area contributed by atoms with Gasteiger partial charge in [-0.3, -0.25) is 0 Å². The molecule has 0 fully saturated rings. The molecule has 0 aliphatic rings. The number of hydrogen-bond acceptors (Lipinski definition) is 2. The normalized spacial score (nSPS) is 8.42. The van der Waals surface area contributed by atoms with Crippen molar-refractivity contribution in [1.82, 2.24) is 0 Å². The maximum absolute atomic E-state index is 9.23. The topological polar surface area (TPSA) is 29.5 Å². The monoisotopic (exact) mass is 213 g/mol. The Hall–Kier alpha value is -0.817. The molecule has 0 unspecified atom stereocenters. The van der Waals surface area contributed by atoms with E-state index < -0.39 is 0 Å². The van der Waals surface area contributed by atoms with Gasteiger partial charge in [0.15, 0.2) is 0 Å². The van der Waals surface area contributed by atoms with E-state index in [0.717, 1.165) is 0 Å². The van der Waals surface area contributed by atoms with Gasteiger partial charge in [0.05, 0.1) is 7.11 Å². The predicted octanol–water partition coefficient (Wildman–Crippen LogP) is 1.81. The van der Waals surface area contributed by atoms with Crippen LogP contribution in [0.4, 0.5) is 0 Å². The number of ether oxygens (including phenoxy) is 1. The van der Waals surface area contributed by atoms with Crippen molar-refractivity contribution in [3.8, 4) is 5.75 Å². The summed E-state index contributed by atoms with van der Waals surface area (Å²) in [5, 5.41) is 9.23. The van der Waals surface area contributed by atoms with E-state index in [4.69, 9.17) is 11.3 Å². The van der Waals surface area contributed by atoms with Gasteiger partial charge in [0, 0.05) is 5.75 Å². The van der Waals surface area contributed by atoms with Gasteiger partial charge in [-0.05, 0) is 11.8 Å². The standard InChI is InChI=1S/C9H9O2.Zn/c1-7(11-2)8-5-3-4-6-9(8)10;/h1,3-6,10H,2H3;/q-1;+2. The molecule has 1 aromatic carbocycles. The summed E-state index contributed by atoms with van der Waals surface area (Å²) in [7, 11) is 1.46. The minimum absolute atomic E-state index is 0. The summed E-state index contributed by atoms with van der Waals surface area (Å²) in [6.45, 7) is 5.43. The first-order chi connectivity index (χ1) is 5.25. The van der Waals surface area contributed by atoms with Crippen molar-refractivity contribution in [3.63, 3.8) is 0 Å². The second-order valence-electron chi connectivity index (χ2n) is 2.09. The number of para-hydroxylation sites is 1. The molecule has 0 aromatic heterocycles. The van der Waals surface area contributed by atoms with E-state index in [1.54, 1.807) is 24.3 Å². The second-order valence-corrected chi connectivity index (χ2v) is 2.09. The number of phenolic OH excluding ortho intramolecular Hbond substituents is 1. The van der Waals surface area contributed by atoms with Gasteiger partial charge in [0.2, 0.25) is 0 Å². The van der Waals surface area contributed by atoms with Crippen molar-refractivity contribution in [2.75, 3.05) is 7.11 Å². The van der Waals surface area contributed by atoms with Gasteiger partial charge in [-0.25, -0.2) is 6.58 Å². The van der Waals surface area contributed by atoms with E-state index in [-0.39, 0.29) is 31.0 Å². The number of methoxy groups -OCH3 is 1. The van der Waals surface area contributed by atoms with Crippen LogP contribution in [-0.4, -0.2) is 12.2 Å². The van der Waals surface area contributed by atoms with Crippen LogP contribution in [0.5, 0.6) is 5.75 Å². The summed E-state index contributed by atoms with van der Waals surface area (Å²) in [5.41, 5.74) is 0.523. The van der Waals surface area contributed by atoms with Crippen molar-refractivity contribution >= 4 is 5.76 Å². The van der Waals surface area contributed by atoms with E-state index >= 15 is 0 Å². The molecule has 0 saturated carbocycles. The molecule has 0 atom stereocenters. The Balaban J connectivity index is 0.00000121. The number of aromatic hydroxyl groups is 1. The Kier molecular flexibility index (Phi) is 4.61. The van der Waals surface area contributed by atoms with Gasteiger partial charge >= 0.3 is 19.5 Å². The van der Waals surface area contributed by atoms with Crippen LogP contribution in [0, 0.1) is 6.58 Å². The average Bonchev–Trinajstić information content (AvgIpc) is 2.04. The smallest absolute Gasteiger partial charge is 0.535 e. The third kappa shape index (κ3) is 2.35. The van der Waals surface area contributed by atoms with Crippen LogP contribution in [-0.2, 0) is 24.2 Å². The van der Waals surface area contributed by atoms with Gasteiger partial charge in [0.25, 0.3) is 0 Å². The van der Waals surface area contributed by atoms with Crippen LogP contribution in [0.3, 0.4) is 0 Å². The first-order valence-electron chi connectivity index (χ1n) is 3.20. The summed E-state index contributed by atoms with van der Waals surface area (Å²) in [6.07, 6.45) is 0. The zero-order valence-electron chi connectivity index (χ0n) is 6.95. The van der Waals surface area contributed by atoms with Gasteiger partial charge in [-0.15, -0.1) is 6.07 Å². The maximum atomic E-state index is 9.23. The minimum Gasteiger partial charge on any atom is -0.535 e. The van der Waals surface area contributed by atoms with Crippen molar-refractivity contribution < 1.29 is 29.3 Å². The molecule has 0 bridgehead atoms. The van der Waals surface area contributed by atoms with E-state index in [1.807, 2.05) is 0 Å². The van der Waals surface area contributed by atoms with Gasteiger partial charge in [-0.1, -0.05) is 17.7 Å². The molecule has 1 rings (SSSR count). The number of benzene rings is 1. The summed E-state index contributed by atoms with van der Waals surface area (Å²) < 4.78 is 4.75. The van der Waals surface area contributed by atoms with Gasteiger partial charge in [0.1, 0.15) is 0 Å². The average molecular weight is 215 g/mol. The zero-order valence-corrected chi connectivity index (χ0v) is 9.92. The molecule has 0 spiro atoms. The van der Waals surface area contributed by atoms with Crippen LogP contribution in [0.2, 0.25) is 0 Å². The molecule has 0 saturated heterocycles. The summed E-state index contributed by atoms with van der Waals surface area (Å²) in [6, 6.07) is 6.75. The number of hydrogen-bond donors (Lipinski definition) is 1. The largest absolute Gasteiger partial charge is 2.00 e. The van der Waals surface area contributed by atoms with Crippen molar-refractivity contribution in [3.05, 3.63) is 36.4 Å². The van der Waals surface area contributed by atoms with Gasteiger partial charge in [-0.2, -0.15) is 0 Å². The summed E-state index contributed by atoms with van der Waals surface area (Å²) in [5.74, 6) is 0.356. The molecule has 12 heavy (non-hydrogen) atoms. The van der Waals surface area contributed by atoms with Crippen LogP contribution < -0.4 is 0 Å². The Morgan fingerprint density at radius 2 is 2.00 bits per heavy atom. The second kappa shape index (κ2) is 4.94. The van der Waals surface area contributed by atoms with Crippen molar-refractivity contribution in [2.24, 2.45) is 0 Å². The maximum Gasteiger partial charge on any atom is 2.00 e. The molecular formula is C9H9O2Zn+. The Labute approximate surface area is 84.6 Å². The van der Waals surface area contributed by atoms with Crippen LogP contribution in [0.25, 0.3) is 5.76 Å². The van der Waals surface area contributed by atoms with E-state index in [0.29, 0.717) is 5.56 Å². The quantitative estimate of drug-likeness (QED) is 0.462. The number of rotatable bonds is 2. The fourth-order valence-electron chi connectivity index (χ4n) is 0.792. The summed E-state index contributed by atoms with van der Waals surface area (Å²) >= 11 is 0. The molecule has 1 aromatic rings. The minimum atomic E-state index is 0. The Morgan fingerprint density at radius 1 is 1.42 bits per heavy atom. The molecule has 3 heteroatoms. The molecule has 0 radical (unpaired) electrons. The molecule has 0 amide bonds. The first-order valence-corrected chi connectivity index (χ1v) is 3.20. The fraction of sp³-hybridized carbons (Fsp3) is 0.111. The van der Waals surface area contributed by atoms with E-state index in [9.17, 15) is 5.11 Å². The molecule has 0 aliphatic heterocycles. The van der Waals surface area contributed by atoms with Crippen LogP contribution in [0.1, 0.15) is 5.56 Å². The van der Waals surface area contributed by atoms with Crippen molar-refractivity contribution in [1.29, 1.82) is 0 Å². The fourth-order valence-corrected chi connectivity index (χ4v) is 0.792. The summed E-state index contributed by atoms with van der Waals surface area (Å²) in [4.78, 5) is 0. The molecular weight excluding hydrogens is 205 g/mol. The third-order valence-electron chi connectivity index (χ3n) is 1.39. The van der Waals surface area contributed by atoms with E-state index in [1.165, 1.54) is 7.11 Å². The predicted molar refractivity (Wildman–Crippen MR) is 42.8 cm³/mol. The van der Waals surface area contributed by atoms with Crippen molar-refractivity contribution in [2.45, 2.75) is 0 Å². The zero-order chi connectivity index (χ0) is 8.27. The Bertz CT molecular complexity index is 271. The molecule has 0 heterocycles. The molecule has 58 valence electrons. The Morgan fingerprint density at radius 3 is 2.50 bits per heavy atom. The van der Waals surface area contributed by atoms with Crippen LogP contribution in [0.15, 0.2) is 24.3 Å². The van der Waals surface area contributed by atoms with Crippen LogP contribution >= 0.6 is 0 Å². The molecule has 0 aliphatic carbocycles. The van der Waals surface area contributed by atoms with E-state index in [2.05, 4.69) is 0 Å². The first kappa shape index (κ1) is 11.2. The molecule has 1 N–H and O–H groups in total. The molecule has 2 nitrogen and oxygen atoms in total. The van der Waals surface area contributed by atoms with Gasteiger partial charge < -0.3 is 9.84 Å². The number of phenols is 1. The third-order valence-corrected chi connectivity index (χ3v) is 1.39. The SMILES string of the molecule is [CH-]=C(OC)c1ccccc1O.[Zn+2].